The highest BCUT2D eigenvalue weighted by atomic mass is 16.5. The number of nitrogens with two attached hydrogens (primary N) is 2. The van der Waals surface area contributed by atoms with Crippen LogP contribution in [0.5, 0.6) is 0 Å². The van der Waals surface area contributed by atoms with E-state index in [2.05, 4.69) is 15.3 Å². The third kappa shape index (κ3) is 2.52. The first kappa shape index (κ1) is 10.9. The second-order valence-electron chi connectivity index (χ2n) is 4.05. The zero-order valence-corrected chi connectivity index (χ0v) is 9.31. The monoisotopic (exact) mass is 223 g/mol. The Balaban J connectivity index is 1.99. The second kappa shape index (κ2) is 4.52. The van der Waals surface area contributed by atoms with Crippen molar-refractivity contribution < 1.29 is 4.74 Å². The summed E-state index contributed by atoms with van der Waals surface area (Å²) in [6, 6.07) is 2.06. The molecule has 1 fully saturated rings. The fourth-order valence-corrected chi connectivity index (χ4v) is 2.05. The molecule has 0 spiro atoms. The highest BCUT2D eigenvalue weighted by molar-refractivity contribution is 5.48. The number of aromatic nitrogens is 2. The number of hydrogen-bond acceptors (Lipinski definition) is 6. The van der Waals surface area contributed by atoms with Gasteiger partial charge in [0.05, 0.1) is 6.10 Å². The molecule has 5 N–H and O–H groups in total. The number of rotatable bonds is 3. The van der Waals surface area contributed by atoms with Crippen LogP contribution < -0.4 is 16.8 Å². The summed E-state index contributed by atoms with van der Waals surface area (Å²) in [4.78, 5) is 7.90. The quantitative estimate of drug-likeness (QED) is 0.694. The number of methoxy groups -OCH3 is 1. The number of nitrogen functional groups attached to an aromatic ring is 2. The van der Waals surface area contributed by atoms with Crippen LogP contribution in [-0.4, -0.2) is 29.2 Å². The van der Waals surface area contributed by atoms with Gasteiger partial charge in [-0.2, -0.15) is 9.97 Å². The molecule has 1 heterocycles. The number of ether oxygens (including phenoxy) is 1. The molecule has 1 aliphatic rings. The molecule has 1 aliphatic carbocycles. The predicted octanol–water partition coefficient (Wildman–Crippen LogP) is 0.620. The highest BCUT2D eigenvalue weighted by Gasteiger charge is 2.24. The molecule has 0 aromatic carbocycles. The Hall–Kier alpha value is -1.56. The van der Waals surface area contributed by atoms with Crippen LogP contribution in [0.4, 0.5) is 17.6 Å². The van der Waals surface area contributed by atoms with Crippen molar-refractivity contribution in [3.8, 4) is 0 Å². The molecule has 88 valence electrons. The molecular formula is C10H17N5O. The molecule has 1 aromatic rings. The summed E-state index contributed by atoms with van der Waals surface area (Å²) in [5, 5.41) is 3.30. The van der Waals surface area contributed by atoms with Gasteiger partial charge in [-0.3, -0.25) is 0 Å². The second-order valence-corrected chi connectivity index (χ2v) is 4.05. The molecule has 0 aliphatic heterocycles. The largest absolute Gasteiger partial charge is 0.383 e. The van der Waals surface area contributed by atoms with Crippen LogP contribution in [0.15, 0.2) is 6.07 Å². The number of nitrogens with one attached hydrogen (secondary N) is 1. The van der Waals surface area contributed by atoms with E-state index < -0.39 is 0 Å². The van der Waals surface area contributed by atoms with E-state index in [1.807, 2.05) is 0 Å². The molecule has 0 radical (unpaired) electrons. The first-order chi connectivity index (χ1) is 7.67. The van der Waals surface area contributed by atoms with Crippen LogP contribution >= 0.6 is 0 Å². The van der Waals surface area contributed by atoms with E-state index in [0.29, 0.717) is 23.8 Å². The van der Waals surface area contributed by atoms with Gasteiger partial charge in [0.25, 0.3) is 0 Å². The van der Waals surface area contributed by atoms with E-state index in [9.17, 15) is 0 Å². The molecule has 0 amide bonds. The van der Waals surface area contributed by atoms with Gasteiger partial charge in [0, 0.05) is 19.2 Å². The molecule has 6 nitrogen and oxygen atoms in total. The Morgan fingerprint density at radius 1 is 1.38 bits per heavy atom. The van der Waals surface area contributed by atoms with Gasteiger partial charge in [0.15, 0.2) is 0 Å². The summed E-state index contributed by atoms with van der Waals surface area (Å²) in [7, 11) is 1.74. The van der Waals surface area contributed by atoms with E-state index in [4.69, 9.17) is 16.2 Å². The molecular weight excluding hydrogens is 206 g/mol. The Bertz CT molecular complexity index is 350. The summed E-state index contributed by atoms with van der Waals surface area (Å²) in [5.41, 5.74) is 11.1. The SMILES string of the molecule is COC1CCC(Nc2cc(N)nc(N)n2)C1. The molecule has 0 saturated heterocycles. The molecule has 2 atom stereocenters. The van der Waals surface area contributed by atoms with Crippen LogP contribution in [0.25, 0.3) is 0 Å². The Labute approximate surface area is 94.4 Å². The first-order valence-corrected chi connectivity index (χ1v) is 5.36. The van der Waals surface area contributed by atoms with Crippen LogP contribution in [0.1, 0.15) is 19.3 Å². The first-order valence-electron chi connectivity index (χ1n) is 5.36. The Kier molecular flexibility index (Phi) is 3.09. The van der Waals surface area contributed by atoms with Crippen molar-refractivity contribution in [3.05, 3.63) is 6.07 Å². The fraction of sp³-hybridized carbons (Fsp3) is 0.600. The van der Waals surface area contributed by atoms with Crippen LogP contribution in [0.3, 0.4) is 0 Å². The summed E-state index contributed by atoms with van der Waals surface area (Å²) < 4.78 is 5.30. The maximum absolute atomic E-state index is 5.59. The minimum absolute atomic E-state index is 0.198. The lowest BCUT2D eigenvalue weighted by molar-refractivity contribution is 0.108. The van der Waals surface area contributed by atoms with Crippen molar-refractivity contribution in [2.24, 2.45) is 0 Å². The normalized spacial score (nSPS) is 24.6. The van der Waals surface area contributed by atoms with E-state index in [0.717, 1.165) is 19.3 Å². The lowest BCUT2D eigenvalue weighted by atomic mass is 10.2. The number of anilines is 3. The van der Waals surface area contributed by atoms with Gasteiger partial charge >= 0.3 is 0 Å². The number of hydrogen-bond donors (Lipinski definition) is 3. The third-order valence-electron chi connectivity index (χ3n) is 2.83. The summed E-state index contributed by atoms with van der Waals surface area (Å²) >= 11 is 0. The zero-order valence-electron chi connectivity index (χ0n) is 9.31. The van der Waals surface area contributed by atoms with Gasteiger partial charge in [-0.1, -0.05) is 0 Å². The molecule has 1 saturated carbocycles. The topological polar surface area (TPSA) is 99.1 Å². The Morgan fingerprint density at radius 3 is 2.81 bits per heavy atom. The van der Waals surface area contributed by atoms with Gasteiger partial charge in [-0.25, -0.2) is 0 Å². The molecule has 1 aromatic heterocycles. The van der Waals surface area contributed by atoms with Gasteiger partial charge < -0.3 is 21.5 Å². The summed E-state index contributed by atoms with van der Waals surface area (Å²) in [6.07, 6.45) is 3.47. The molecule has 16 heavy (non-hydrogen) atoms. The molecule has 6 heteroatoms. The van der Waals surface area contributed by atoms with E-state index in [1.54, 1.807) is 13.2 Å². The average Bonchev–Trinajstić information content (AvgIpc) is 2.64. The van der Waals surface area contributed by atoms with Crippen molar-refractivity contribution in [2.45, 2.75) is 31.4 Å². The fourth-order valence-electron chi connectivity index (χ4n) is 2.05. The predicted molar refractivity (Wildman–Crippen MR) is 62.9 cm³/mol. The maximum atomic E-state index is 5.59. The molecule has 2 rings (SSSR count). The minimum Gasteiger partial charge on any atom is -0.383 e. The van der Waals surface area contributed by atoms with Crippen molar-refractivity contribution in [2.75, 3.05) is 23.9 Å². The average molecular weight is 223 g/mol. The van der Waals surface area contributed by atoms with Crippen molar-refractivity contribution in [1.29, 1.82) is 0 Å². The standard InChI is InChI=1S/C10H17N5O/c1-16-7-3-2-6(4-7)13-9-5-8(11)14-10(12)15-9/h5-7H,2-4H2,1H3,(H5,11,12,13,14,15). The van der Waals surface area contributed by atoms with E-state index in [1.165, 1.54) is 0 Å². The lowest BCUT2D eigenvalue weighted by Gasteiger charge is -2.13. The van der Waals surface area contributed by atoms with Gasteiger partial charge in [0.2, 0.25) is 5.95 Å². The minimum atomic E-state index is 0.198. The smallest absolute Gasteiger partial charge is 0.223 e. The Morgan fingerprint density at radius 2 is 2.19 bits per heavy atom. The van der Waals surface area contributed by atoms with Crippen molar-refractivity contribution in [1.82, 2.24) is 9.97 Å². The van der Waals surface area contributed by atoms with Crippen LogP contribution in [0.2, 0.25) is 0 Å². The third-order valence-corrected chi connectivity index (χ3v) is 2.83. The van der Waals surface area contributed by atoms with Gasteiger partial charge in [-0.15, -0.1) is 0 Å². The van der Waals surface area contributed by atoms with Crippen LogP contribution in [-0.2, 0) is 4.74 Å². The molecule has 2 unspecified atom stereocenters. The van der Waals surface area contributed by atoms with Gasteiger partial charge in [-0.05, 0) is 19.3 Å². The summed E-state index contributed by atoms with van der Waals surface area (Å²) in [6.45, 7) is 0. The summed E-state index contributed by atoms with van der Waals surface area (Å²) in [5.74, 6) is 1.27. The highest BCUT2D eigenvalue weighted by Crippen LogP contribution is 2.24. The van der Waals surface area contributed by atoms with E-state index >= 15 is 0 Å². The van der Waals surface area contributed by atoms with E-state index in [-0.39, 0.29) is 5.95 Å². The maximum Gasteiger partial charge on any atom is 0.223 e. The molecule has 0 bridgehead atoms. The lowest BCUT2D eigenvalue weighted by Crippen LogP contribution is -2.18. The van der Waals surface area contributed by atoms with Crippen LogP contribution in [0, 0.1) is 0 Å². The van der Waals surface area contributed by atoms with Crippen molar-refractivity contribution >= 4 is 17.6 Å². The van der Waals surface area contributed by atoms with Gasteiger partial charge in [0.1, 0.15) is 11.6 Å². The number of nitrogens with zero attached hydrogens (tertiary/aromatic N) is 2. The van der Waals surface area contributed by atoms with Crippen molar-refractivity contribution in [3.63, 3.8) is 0 Å². The zero-order chi connectivity index (χ0) is 11.5.